The molecule has 4 rings (SSSR count). The number of hydrogen-bond acceptors (Lipinski definition) is 5. The van der Waals surface area contributed by atoms with Crippen molar-refractivity contribution in [1.82, 2.24) is 9.88 Å². The summed E-state index contributed by atoms with van der Waals surface area (Å²) >= 11 is 5.93. The van der Waals surface area contributed by atoms with Crippen molar-refractivity contribution in [2.24, 2.45) is 0 Å². The number of fused-ring (bicyclic) bond motifs is 1. The Morgan fingerprint density at radius 1 is 1.13 bits per heavy atom. The van der Waals surface area contributed by atoms with E-state index in [1.165, 1.54) is 0 Å². The first kappa shape index (κ1) is 20.3. The van der Waals surface area contributed by atoms with Gasteiger partial charge in [0.25, 0.3) is 0 Å². The average Bonchev–Trinajstić information content (AvgIpc) is 3.25. The Morgan fingerprint density at radius 2 is 1.93 bits per heavy atom. The third kappa shape index (κ3) is 4.60. The van der Waals surface area contributed by atoms with E-state index in [2.05, 4.69) is 4.98 Å². The van der Waals surface area contributed by atoms with Gasteiger partial charge < -0.3 is 18.8 Å². The predicted octanol–water partition coefficient (Wildman–Crippen LogP) is 4.75. The molecule has 3 aromatic rings. The van der Waals surface area contributed by atoms with Crippen molar-refractivity contribution in [3.63, 3.8) is 0 Å². The van der Waals surface area contributed by atoms with E-state index < -0.39 is 0 Å². The van der Waals surface area contributed by atoms with Crippen LogP contribution in [0.5, 0.6) is 11.5 Å². The van der Waals surface area contributed by atoms with Gasteiger partial charge in [-0.15, -0.1) is 0 Å². The van der Waals surface area contributed by atoms with Crippen molar-refractivity contribution in [3.05, 3.63) is 65.1 Å². The normalized spacial score (nSPS) is 12.6. The van der Waals surface area contributed by atoms with Crippen LogP contribution in [-0.2, 0) is 17.8 Å². The Labute approximate surface area is 180 Å². The number of hydrogen-bond donors (Lipinski definition) is 0. The topological polar surface area (TPSA) is 64.8 Å². The summed E-state index contributed by atoms with van der Waals surface area (Å²) < 4.78 is 17.2. The second-order valence-electron chi connectivity index (χ2n) is 6.97. The summed E-state index contributed by atoms with van der Waals surface area (Å²) in [5.41, 5.74) is 1.85. The largest absolute Gasteiger partial charge is 0.486 e. The van der Waals surface area contributed by atoms with E-state index in [1.54, 1.807) is 23.2 Å². The molecule has 0 fully saturated rings. The summed E-state index contributed by atoms with van der Waals surface area (Å²) in [5, 5.41) is 0.667. The molecule has 6 nitrogen and oxygen atoms in total. The van der Waals surface area contributed by atoms with Gasteiger partial charge in [0.2, 0.25) is 5.91 Å². The molecule has 7 heteroatoms. The molecule has 1 aliphatic rings. The zero-order chi connectivity index (χ0) is 20.9. The van der Waals surface area contributed by atoms with Crippen LogP contribution < -0.4 is 9.47 Å². The maximum Gasteiger partial charge on any atom is 0.223 e. The van der Waals surface area contributed by atoms with Gasteiger partial charge in [-0.2, -0.15) is 0 Å². The SMILES string of the molecule is CCN(Cc1cccc2c1OCCO2)C(=O)CCc1ncc(-c2ccc(Cl)cc2)o1. The van der Waals surface area contributed by atoms with E-state index in [1.807, 2.05) is 37.3 Å². The molecule has 2 heterocycles. The summed E-state index contributed by atoms with van der Waals surface area (Å²) in [6.07, 6.45) is 2.43. The van der Waals surface area contributed by atoms with Crippen LogP contribution in [0.25, 0.3) is 11.3 Å². The Kier molecular flexibility index (Phi) is 6.23. The molecule has 0 saturated heterocycles. The van der Waals surface area contributed by atoms with Crippen molar-refractivity contribution < 1.29 is 18.7 Å². The molecule has 0 atom stereocenters. The van der Waals surface area contributed by atoms with Gasteiger partial charge in [0.05, 0.1) is 6.20 Å². The first-order valence-electron chi connectivity index (χ1n) is 10.00. The molecule has 0 unspecified atom stereocenters. The minimum absolute atomic E-state index is 0.0399. The molecule has 1 aliphatic heterocycles. The molecule has 0 aliphatic carbocycles. The van der Waals surface area contributed by atoms with Gasteiger partial charge in [-0.25, -0.2) is 4.98 Å². The number of oxazole rings is 1. The van der Waals surface area contributed by atoms with Crippen LogP contribution in [0.3, 0.4) is 0 Å². The summed E-state index contributed by atoms with van der Waals surface area (Å²) in [6.45, 7) is 4.11. The number of benzene rings is 2. The second-order valence-corrected chi connectivity index (χ2v) is 7.41. The minimum atomic E-state index is 0.0399. The highest BCUT2D eigenvalue weighted by molar-refractivity contribution is 6.30. The van der Waals surface area contributed by atoms with Crippen molar-refractivity contribution >= 4 is 17.5 Å². The smallest absolute Gasteiger partial charge is 0.223 e. The summed E-state index contributed by atoms with van der Waals surface area (Å²) in [5.74, 6) is 2.71. The number of para-hydroxylation sites is 1. The Bertz CT molecular complexity index is 1020. The molecule has 0 radical (unpaired) electrons. The molecule has 2 aromatic carbocycles. The fraction of sp³-hybridized carbons (Fsp3) is 0.304. The average molecular weight is 427 g/mol. The first-order valence-corrected chi connectivity index (χ1v) is 10.4. The number of carbonyl (C=O) groups excluding carboxylic acids is 1. The number of nitrogens with zero attached hydrogens (tertiary/aromatic N) is 2. The van der Waals surface area contributed by atoms with Crippen molar-refractivity contribution in [3.8, 4) is 22.8 Å². The van der Waals surface area contributed by atoms with Crippen molar-refractivity contribution in [2.75, 3.05) is 19.8 Å². The van der Waals surface area contributed by atoms with E-state index in [4.69, 9.17) is 25.5 Å². The van der Waals surface area contributed by atoms with Crippen molar-refractivity contribution in [1.29, 1.82) is 0 Å². The van der Waals surface area contributed by atoms with Crippen LogP contribution in [0.2, 0.25) is 5.02 Å². The lowest BCUT2D eigenvalue weighted by Crippen LogP contribution is -2.31. The predicted molar refractivity (Wildman–Crippen MR) is 114 cm³/mol. The van der Waals surface area contributed by atoms with Crippen LogP contribution in [0.4, 0.5) is 0 Å². The fourth-order valence-electron chi connectivity index (χ4n) is 3.39. The number of ether oxygens (including phenoxy) is 2. The van der Waals surface area contributed by atoms with Gasteiger partial charge in [-0.3, -0.25) is 4.79 Å². The minimum Gasteiger partial charge on any atom is -0.486 e. The van der Waals surface area contributed by atoms with Gasteiger partial charge in [0.1, 0.15) is 13.2 Å². The van der Waals surface area contributed by atoms with Crippen LogP contribution in [0, 0.1) is 0 Å². The number of amides is 1. The van der Waals surface area contributed by atoms with E-state index in [9.17, 15) is 4.79 Å². The van der Waals surface area contributed by atoms with Crippen LogP contribution >= 0.6 is 11.6 Å². The van der Waals surface area contributed by atoms with Crippen molar-refractivity contribution in [2.45, 2.75) is 26.3 Å². The lowest BCUT2D eigenvalue weighted by Gasteiger charge is -2.25. The van der Waals surface area contributed by atoms with Gasteiger partial charge in [-0.1, -0.05) is 23.7 Å². The Morgan fingerprint density at radius 3 is 2.73 bits per heavy atom. The van der Waals surface area contributed by atoms with Crippen LogP contribution in [0.15, 0.2) is 53.1 Å². The summed E-state index contributed by atoms with van der Waals surface area (Å²) in [4.78, 5) is 18.9. The molecular weight excluding hydrogens is 404 g/mol. The van der Waals surface area contributed by atoms with Crippen LogP contribution in [-0.4, -0.2) is 35.5 Å². The maximum absolute atomic E-state index is 12.8. The van der Waals surface area contributed by atoms with E-state index in [0.29, 0.717) is 55.8 Å². The van der Waals surface area contributed by atoms with E-state index in [0.717, 1.165) is 22.6 Å². The fourth-order valence-corrected chi connectivity index (χ4v) is 3.51. The number of aryl methyl sites for hydroxylation is 1. The molecule has 0 N–H and O–H groups in total. The second kappa shape index (κ2) is 9.22. The van der Waals surface area contributed by atoms with Gasteiger partial charge >= 0.3 is 0 Å². The van der Waals surface area contributed by atoms with Gasteiger partial charge in [0.15, 0.2) is 23.1 Å². The number of rotatable bonds is 7. The van der Waals surface area contributed by atoms with E-state index in [-0.39, 0.29) is 5.91 Å². The summed E-state index contributed by atoms with van der Waals surface area (Å²) in [7, 11) is 0. The molecule has 0 saturated carbocycles. The standard InChI is InChI=1S/C23H23ClN2O4/c1-2-26(15-17-4-3-5-19-23(17)29-13-12-28-19)22(27)11-10-21-25-14-20(30-21)16-6-8-18(24)9-7-16/h3-9,14H,2,10-13,15H2,1H3. The number of carbonyl (C=O) groups is 1. The molecule has 1 amide bonds. The van der Waals surface area contributed by atoms with Gasteiger partial charge in [-0.05, 0) is 37.3 Å². The van der Waals surface area contributed by atoms with E-state index >= 15 is 0 Å². The highest BCUT2D eigenvalue weighted by Gasteiger charge is 2.20. The third-order valence-corrected chi connectivity index (χ3v) is 5.23. The third-order valence-electron chi connectivity index (χ3n) is 4.98. The molecule has 0 bridgehead atoms. The maximum atomic E-state index is 12.8. The highest BCUT2D eigenvalue weighted by atomic mass is 35.5. The monoisotopic (exact) mass is 426 g/mol. The Hall–Kier alpha value is -2.99. The lowest BCUT2D eigenvalue weighted by atomic mass is 10.1. The Balaban J connectivity index is 1.38. The number of aromatic nitrogens is 1. The van der Waals surface area contributed by atoms with Gasteiger partial charge in [0, 0.05) is 42.1 Å². The molecule has 0 spiro atoms. The number of halogens is 1. The lowest BCUT2D eigenvalue weighted by molar-refractivity contribution is -0.131. The molecule has 30 heavy (non-hydrogen) atoms. The molecule has 1 aromatic heterocycles. The zero-order valence-corrected chi connectivity index (χ0v) is 17.5. The zero-order valence-electron chi connectivity index (χ0n) is 16.8. The molecule has 156 valence electrons. The van der Waals surface area contributed by atoms with Crippen LogP contribution in [0.1, 0.15) is 24.8 Å². The first-order chi connectivity index (χ1) is 14.6. The molecular formula is C23H23ClN2O4. The highest BCUT2D eigenvalue weighted by Crippen LogP contribution is 2.34. The summed E-state index contributed by atoms with van der Waals surface area (Å²) in [6, 6.07) is 13.1. The quantitative estimate of drug-likeness (QED) is 0.545.